The summed E-state index contributed by atoms with van der Waals surface area (Å²) in [6, 6.07) is 18.5. The molecule has 2 aromatic heterocycles. The van der Waals surface area contributed by atoms with Crippen LogP contribution in [0.3, 0.4) is 0 Å². The molecule has 3 N–H and O–H groups in total. The number of hydrogen-bond donors (Lipinski definition) is 3. The second-order valence-corrected chi connectivity index (χ2v) is 11.4. The number of rotatable bonds is 8. The molecule has 6 nitrogen and oxygen atoms in total. The van der Waals surface area contributed by atoms with Crippen molar-refractivity contribution in [3.8, 4) is 0 Å². The van der Waals surface area contributed by atoms with Crippen molar-refractivity contribution >= 4 is 39.7 Å². The summed E-state index contributed by atoms with van der Waals surface area (Å²) in [5, 5.41) is 14.3. The van der Waals surface area contributed by atoms with E-state index in [1.807, 2.05) is 23.6 Å². The van der Waals surface area contributed by atoms with E-state index in [0.29, 0.717) is 29.3 Å². The van der Waals surface area contributed by atoms with Gasteiger partial charge in [-0.15, -0.1) is 11.3 Å². The predicted molar refractivity (Wildman–Crippen MR) is 147 cm³/mol. The van der Waals surface area contributed by atoms with Crippen LogP contribution >= 0.6 is 22.9 Å². The Balaban J connectivity index is 1.19. The minimum atomic E-state index is -0.506. The lowest BCUT2D eigenvalue weighted by Crippen LogP contribution is -2.45. The number of carbonyl (C=O) groups is 1. The number of hydrogen-bond acceptors (Lipinski definition) is 5. The molecule has 1 aliphatic heterocycles. The van der Waals surface area contributed by atoms with Crippen molar-refractivity contribution in [1.29, 1.82) is 0 Å². The normalized spacial score (nSPS) is 21.8. The molecule has 0 radical (unpaired) electrons. The van der Waals surface area contributed by atoms with Crippen LogP contribution in [0.25, 0.3) is 10.9 Å². The SMILES string of the molecule is O=C(NNC[C@@H]1C[C@H](O)C[C@H](n2cc(Cc3ccc(C4CC4)cc3)c3c(Cl)cccc32)O1)c1cccs1. The molecule has 3 heterocycles. The van der Waals surface area contributed by atoms with E-state index in [0.717, 1.165) is 28.8 Å². The van der Waals surface area contributed by atoms with Gasteiger partial charge in [0, 0.05) is 31.0 Å². The standard InChI is InChI=1S/C29H30ClN3O3S/c30-24-3-1-4-25-28(24)21(13-18-6-8-19(9-7-18)20-10-11-20)17-33(25)27-15-22(34)14-23(36-27)16-31-32-29(35)26-5-2-12-37-26/h1-9,12,17,20,22-23,27,31,34H,10-11,13-16H2,(H,32,35)/t22-,23-,27+/m0/s1. The van der Waals surface area contributed by atoms with Crippen LogP contribution in [-0.2, 0) is 11.2 Å². The van der Waals surface area contributed by atoms with Crippen molar-refractivity contribution in [3.05, 3.63) is 92.8 Å². The number of ether oxygens (including phenoxy) is 1. The van der Waals surface area contributed by atoms with Crippen LogP contribution < -0.4 is 10.9 Å². The first-order valence-electron chi connectivity index (χ1n) is 12.8. The predicted octanol–water partition coefficient (Wildman–Crippen LogP) is 5.80. The van der Waals surface area contributed by atoms with Crippen LogP contribution in [0.1, 0.15) is 64.2 Å². The third-order valence-electron chi connectivity index (χ3n) is 7.25. The second kappa shape index (κ2) is 10.6. The molecule has 6 rings (SSSR count). The van der Waals surface area contributed by atoms with Gasteiger partial charge in [-0.1, -0.05) is 48.0 Å². The Morgan fingerprint density at radius 3 is 2.70 bits per heavy atom. The maximum atomic E-state index is 12.2. The highest BCUT2D eigenvalue weighted by Gasteiger charge is 2.31. The van der Waals surface area contributed by atoms with Gasteiger partial charge in [0.2, 0.25) is 0 Å². The van der Waals surface area contributed by atoms with Crippen molar-refractivity contribution in [1.82, 2.24) is 15.4 Å². The molecule has 0 bridgehead atoms. The van der Waals surface area contributed by atoms with Crippen LogP contribution in [0.4, 0.5) is 0 Å². The summed E-state index contributed by atoms with van der Waals surface area (Å²) in [5.41, 5.74) is 10.5. The summed E-state index contributed by atoms with van der Waals surface area (Å²) in [6.45, 7) is 0.394. The molecule has 1 aliphatic carbocycles. The maximum Gasteiger partial charge on any atom is 0.275 e. The molecular formula is C29H30ClN3O3S. The highest BCUT2D eigenvalue weighted by molar-refractivity contribution is 7.12. The van der Waals surface area contributed by atoms with Crippen molar-refractivity contribution in [2.75, 3.05) is 6.54 Å². The highest BCUT2D eigenvalue weighted by atomic mass is 35.5. The smallest absolute Gasteiger partial charge is 0.275 e. The number of hydrazine groups is 1. The number of aliphatic hydroxyl groups excluding tert-OH is 1. The molecule has 1 amide bonds. The van der Waals surface area contributed by atoms with E-state index in [-0.39, 0.29) is 18.2 Å². The molecule has 4 aromatic rings. The Morgan fingerprint density at radius 2 is 1.95 bits per heavy atom. The average Bonchev–Trinajstić information content (AvgIpc) is 3.45. The van der Waals surface area contributed by atoms with E-state index in [9.17, 15) is 9.90 Å². The first-order chi connectivity index (χ1) is 18.0. The summed E-state index contributed by atoms with van der Waals surface area (Å²) in [7, 11) is 0. The molecule has 37 heavy (non-hydrogen) atoms. The zero-order chi connectivity index (χ0) is 25.4. The summed E-state index contributed by atoms with van der Waals surface area (Å²) in [6.07, 6.45) is 5.38. The lowest BCUT2D eigenvalue weighted by atomic mass is 10.0. The summed E-state index contributed by atoms with van der Waals surface area (Å²) >= 11 is 8.09. The van der Waals surface area contributed by atoms with Crippen molar-refractivity contribution in [2.45, 2.75) is 56.5 Å². The number of fused-ring (bicyclic) bond motifs is 1. The largest absolute Gasteiger partial charge is 0.393 e. The van der Waals surface area contributed by atoms with Crippen LogP contribution in [0.5, 0.6) is 0 Å². The maximum absolute atomic E-state index is 12.2. The second-order valence-electron chi connectivity index (χ2n) is 10.0. The van der Waals surface area contributed by atoms with Gasteiger partial charge in [-0.3, -0.25) is 10.2 Å². The van der Waals surface area contributed by atoms with E-state index >= 15 is 0 Å². The van der Waals surface area contributed by atoms with Gasteiger partial charge < -0.3 is 14.4 Å². The van der Waals surface area contributed by atoms with Gasteiger partial charge in [0.05, 0.1) is 27.6 Å². The van der Waals surface area contributed by atoms with E-state index < -0.39 is 6.10 Å². The fraction of sp³-hybridized carbons (Fsp3) is 0.345. The van der Waals surface area contributed by atoms with Gasteiger partial charge in [-0.2, -0.15) is 0 Å². The van der Waals surface area contributed by atoms with E-state index in [4.69, 9.17) is 16.3 Å². The molecule has 3 atom stereocenters. The Bertz CT molecular complexity index is 1380. The summed E-state index contributed by atoms with van der Waals surface area (Å²) in [5.74, 6) is 0.565. The van der Waals surface area contributed by atoms with Gasteiger partial charge in [0.25, 0.3) is 5.91 Å². The number of thiophene rings is 1. The fourth-order valence-corrected chi connectivity index (χ4v) is 6.16. The number of nitrogens with one attached hydrogen (secondary N) is 2. The molecule has 2 aliphatic rings. The Morgan fingerprint density at radius 1 is 1.11 bits per heavy atom. The van der Waals surface area contributed by atoms with Gasteiger partial charge in [-0.25, -0.2) is 5.43 Å². The Kier molecular flexibility index (Phi) is 7.06. The number of benzene rings is 2. The molecule has 0 spiro atoms. The van der Waals surface area contributed by atoms with Crippen LogP contribution in [-0.4, -0.2) is 34.3 Å². The zero-order valence-electron chi connectivity index (χ0n) is 20.4. The van der Waals surface area contributed by atoms with E-state index in [2.05, 4.69) is 51.9 Å². The van der Waals surface area contributed by atoms with Crippen LogP contribution in [0.15, 0.2) is 66.2 Å². The fourth-order valence-electron chi connectivity index (χ4n) is 5.26. The number of nitrogens with zero attached hydrogens (tertiary/aromatic N) is 1. The third-order valence-corrected chi connectivity index (χ3v) is 8.44. The topological polar surface area (TPSA) is 75.5 Å². The average molecular weight is 536 g/mol. The van der Waals surface area contributed by atoms with Gasteiger partial charge in [0.1, 0.15) is 6.23 Å². The molecule has 192 valence electrons. The van der Waals surface area contributed by atoms with Crippen molar-refractivity contribution in [2.24, 2.45) is 0 Å². The molecular weight excluding hydrogens is 506 g/mol. The Labute approximate surface area is 225 Å². The first-order valence-corrected chi connectivity index (χ1v) is 14.1. The lowest BCUT2D eigenvalue weighted by molar-refractivity contribution is -0.125. The van der Waals surface area contributed by atoms with E-state index in [1.165, 1.54) is 35.3 Å². The molecule has 2 aromatic carbocycles. The third kappa shape index (κ3) is 5.47. The van der Waals surface area contributed by atoms with Crippen molar-refractivity contribution < 1.29 is 14.6 Å². The zero-order valence-corrected chi connectivity index (χ0v) is 22.0. The number of halogens is 1. The van der Waals surface area contributed by atoms with Gasteiger partial charge in [0.15, 0.2) is 0 Å². The van der Waals surface area contributed by atoms with Crippen LogP contribution in [0, 0.1) is 0 Å². The number of amides is 1. The quantitative estimate of drug-likeness (QED) is 0.249. The molecule has 1 saturated carbocycles. The molecule has 2 fully saturated rings. The van der Waals surface area contributed by atoms with Crippen LogP contribution in [0.2, 0.25) is 5.02 Å². The molecule has 0 unspecified atom stereocenters. The van der Waals surface area contributed by atoms with Gasteiger partial charge >= 0.3 is 0 Å². The summed E-state index contributed by atoms with van der Waals surface area (Å²) in [4.78, 5) is 12.9. The minimum Gasteiger partial charge on any atom is -0.393 e. The Hall–Kier alpha value is -2.68. The minimum absolute atomic E-state index is 0.177. The number of aliphatic hydroxyl groups is 1. The van der Waals surface area contributed by atoms with E-state index in [1.54, 1.807) is 6.07 Å². The first kappa shape index (κ1) is 24.6. The summed E-state index contributed by atoms with van der Waals surface area (Å²) < 4.78 is 8.53. The number of carbonyl (C=O) groups excluding carboxylic acids is 1. The lowest BCUT2D eigenvalue weighted by Gasteiger charge is -2.34. The monoisotopic (exact) mass is 535 g/mol. The molecule has 1 saturated heterocycles. The number of aromatic nitrogens is 1. The van der Waals surface area contributed by atoms with Crippen molar-refractivity contribution in [3.63, 3.8) is 0 Å². The highest BCUT2D eigenvalue weighted by Crippen LogP contribution is 2.40. The van der Waals surface area contributed by atoms with Gasteiger partial charge in [-0.05, 0) is 65.4 Å². The molecule has 8 heteroatoms.